The van der Waals surface area contributed by atoms with Crippen molar-refractivity contribution in [2.75, 3.05) is 26.2 Å². The highest BCUT2D eigenvalue weighted by molar-refractivity contribution is 6.31. The molecule has 3 heterocycles. The summed E-state index contributed by atoms with van der Waals surface area (Å²) in [5.74, 6) is -1.21. The normalized spacial score (nSPS) is 14.5. The van der Waals surface area contributed by atoms with E-state index in [1.807, 2.05) is 0 Å². The van der Waals surface area contributed by atoms with E-state index >= 15 is 0 Å². The second kappa shape index (κ2) is 7.20. The lowest BCUT2D eigenvalue weighted by molar-refractivity contribution is 0.0533. The van der Waals surface area contributed by atoms with E-state index in [4.69, 9.17) is 11.6 Å². The summed E-state index contributed by atoms with van der Waals surface area (Å²) in [6.07, 6.45) is 3.35. The van der Waals surface area contributed by atoms with Gasteiger partial charge < -0.3 is 9.80 Å². The summed E-state index contributed by atoms with van der Waals surface area (Å²) in [6, 6.07) is 5.64. The minimum Gasteiger partial charge on any atom is -0.335 e. The van der Waals surface area contributed by atoms with Crippen molar-refractivity contribution in [3.05, 3.63) is 64.3 Å². The molecule has 2 aromatic heterocycles. The Labute approximate surface area is 165 Å². The van der Waals surface area contributed by atoms with Crippen LogP contribution in [0.2, 0.25) is 5.02 Å². The topological polar surface area (TPSA) is 70.8 Å². The number of hydrogen-bond donors (Lipinski definition) is 0. The monoisotopic (exact) mass is 401 g/mol. The smallest absolute Gasteiger partial charge is 0.259 e. The predicted octanol–water partition coefficient (Wildman–Crippen LogP) is 2.43. The molecule has 7 nitrogen and oxygen atoms in total. The number of fused-ring (bicyclic) bond motifs is 1. The molecule has 0 saturated carbocycles. The molecule has 1 aliphatic rings. The third kappa shape index (κ3) is 3.20. The first-order valence-electron chi connectivity index (χ1n) is 8.79. The summed E-state index contributed by atoms with van der Waals surface area (Å²) in [5, 5.41) is 4.62. The van der Waals surface area contributed by atoms with Crippen LogP contribution in [-0.2, 0) is 0 Å². The number of nitrogens with zero attached hydrogens (tertiary/aromatic N) is 5. The molecule has 0 aliphatic carbocycles. The Balaban J connectivity index is 1.49. The Hall–Kier alpha value is -3.00. The molecule has 1 aromatic carbocycles. The number of carbonyl (C=O) groups is 2. The largest absolute Gasteiger partial charge is 0.335 e. The van der Waals surface area contributed by atoms with Gasteiger partial charge in [0.2, 0.25) is 0 Å². The first kappa shape index (κ1) is 18.4. The first-order chi connectivity index (χ1) is 13.5. The fourth-order valence-corrected chi connectivity index (χ4v) is 3.52. The number of halogens is 2. The lowest BCUT2D eigenvalue weighted by Crippen LogP contribution is -2.50. The molecule has 0 spiro atoms. The highest BCUT2D eigenvalue weighted by Crippen LogP contribution is 2.20. The van der Waals surface area contributed by atoms with Gasteiger partial charge in [0.05, 0.1) is 11.3 Å². The second-order valence-electron chi connectivity index (χ2n) is 6.56. The fourth-order valence-electron chi connectivity index (χ4n) is 3.35. The number of aryl methyl sites for hydroxylation is 1. The van der Waals surface area contributed by atoms with Crippen LogP contribution in [0.5, 0.6) is 0 Å². The van der Waals surface area contributed by atoms with Gasteiger partial charge in [-0.3, -0.25) is 9.59 Å². The number of rotatable bonds is 2. The van der Waals surface area contributed by atoms with Crippen molar-refractivity contribution in [1.82, 2.24) is 24.4 Å². The Morgan fingerprint density at radius 2 is 1.79 bits per heavy atom. The number of hydrogen-bond acceptors (Lipinski definition) is 4. The van der Waals surface area contributed by atoms with E-state index in [0.717, 1.165) is 0 Å². The zero-order valence-electron chi connectivity index (χ0n) is 15.1. The molecule has 1 fully saturated rings. The quantitative estimate of drug-likeness (QED) is 0.661. The molecular formula is C19H17ClFN5O2. The van der Waals surface area contributed by atoms with Crippen LogP contribution >= 0.6 is 11.6 Å². The summed E-state index contributed by atoms with van der Waals surface area (Å²) < 4.78 is 15.5. The van der Waals surface area contributed by atoms with Gasteiger partial charge in [0.15, 0.2) is 5.65 Å². The molecule has 4 rings (SSSR count). The molecule has 9 heteroatoms. The molecule has 0 bridgehead atoms. The van der Waals surface area contributed by atoms with E-state index in [1.165, 1.54) is 23.1 Å². The molecule has 0 N–H and O–H groups in total. The Morgan fingerprint density at radius 3 is 2.50 bits per heavy atom. The zero-order chi connectivity index (χ0) is 19.8. The minimum atomic E-state index is -0.610. The molecule has 3 aromatic rings. The van der Waals surface area contributed by atoms with Crippen molar-refractivity contribution in [3.8, 4) is 0 Å². The summed E-state index contributed by atoms with van der Waals surface area (Å²) in [4.78, 5) is 33.0. The lowest BCUT2D eigenvalue weighted by Gasteiger charge is -2.34. The van der Waals surface area contributed by atoms with Crippen molar-refractivity contribution >= 4 is 29.1 Å². The van der Waals surface area contributed by atoms with Gasteiger partial charge in [-0.2, -0.15) is 5.10 Å². The zero-order valence-corrected chi connectivity index (χ0v) is 15.9. The summed E-state index contributed by atoms with van der Waals surface area (Å²) in [5.41, 5.74) is 1.50. The molecule has 0 unspecified atom stereocenters. The van der Waals surface area contributed by atoms with E-state index in [9.17, 15) is 14.0 Å². The van der Waals surface area contributed by atoms with Crippen LogP contribution in [0.25, 0.3) is 5.65 Å². The van der Waals surface area contributed by atoms with Crippen molar-refractivity contribution in [3.63, 3.8) is 0 Å². The average Bonchev–Trinajstić information content (AvgIpc) is 3.04. The van der Waals surface area contributed by atoms with Crippen molar-refractivity contribution in [1.29, 1.82) is 0 Å². The van der Waals surface area contributed by atoms with Gasteiger partial charge in [-0.1, -0.05) is 11.6 Å². The highest BCUT2D eigenvalue weighted by atomic mass is 35.5. The highest BCUT2D eigenvalue weighted by Gasteiger charge is 2.29. The van der Waals surface area contributed by atoms with Crippen LogP contribution < -0.4 is 0 Å². The number of carbonyl (C=O) groups excluding carboxylic acids is 2. The van der Waals surface area contributed by atoms with Crippen LogP contribution in [-0.4, -0.2) is 62.4 Å². The average molecular weight is 402 g/mol. The Bertz CT molecular complexity index is 1080. The number of aromatic nitrogens is 3. The first-order valence-corrected chi connectivity index (χ1v) is 9.17. The predicted molar refractivity (Wildman–Crippen MR) is 101 cm³/mol. The van der Waals surface area contributed by atoms with E-state index in [1.54, 1.807) is 34.8 Å². The summed E-state index contributed by atoms with van der Waals surface area (Å²) >= 11 is 5.88. The molecule has 1 aliphatic heterocycles. The third-order valence-electron chi connectivity index (χ3n) is 4.80. The number of piperazine rings is 1. The van der Waals surface area contributed by atoms with Crippen molar-refractivity contribution in [2.24, 2.45) is 0 Å². The summed E-state index contributed by atoms with van der Waals surface area (Å²) in [6.45, 7) is 3.07. The molecule has 0 atom stereocenters. The van der Waals surface area contributed by atoms with E-state index < -0.39 is 11.7 Å². The molecular weight excluding hydrogens is 385 g/mol. The van der Waals surface area contributed by atoms with Crippen LogP contribution in [0, 0.1) is 12.7 Å². The van der Waals surface area contributed by atoms with Gasteiger partial charge in [0.1, 0.15) is 11.4 Å². The van der Waals surface area contributed by atoms with Gasteiger partial charge in [-0.25, -0.2) is 13.9 Å². The van der Waals surface area contributed by atoms with Crippen LogP contribution in [0.15, 0.2) is 36.7 Å². The molecule has 144 valence electrons. The standard InChI is InChI=1S/C19H17ClFN5O2/c1-12-16(17-22-5-2-6-26(17)23-12)19(28)25-9-7-24(8-10-25)18(27)14-11-13(20)3-4-15(14)21/h2-6,11H,7-10H2,1H3. The minimum absolute atomic E-state index is 0.0602. The summed E-state index contributed by atoms with van der Waals surface area (Å²) in [7, 11) is 0. The van der Waals surface area contributed by atoms with Gasteiger partial charge in [-0.15, -0.1) is 0 Å². The van der Waals surface area contributed by atoms with E-state index in [2.05, 4.69) is 10.1 Å². The Kier molecular flexibility index (Phi) is 4.72. The second-order valence-corrected chi connectivity index (χ2v) is 6.99. The van der Waals surface area contributed by atoms with E-state index in [-0.39, 0.29) is 11.5 Å². The van der Waals surface area contributed by atoms with Gasteiger partial charge in [0, 0.05) is 43.6 Å². The molecule has 0 radical (unpaired) electrons. The fraction of sp³-hybridized carbons (Fsp3) is 0.263. The van der Waals surface area contributed by atoms with E-state index in [0.29, 0.717) is 48.1 Å². The van der Waals surface area contributed by atoms with Crippen LogP contribution in [0.4, 0.5) is 4.39 Å². The third-order valence-corrected chi connectivity index (χ3v) is 5.03. The molecule has 1 saturated heterocycles. The van der Waals surface area contributed by atoms with Gasteiger partial charge in [0.25, 0.3) is 11.8 Å². The number of amides is 2. The maximum Gasteiger partial charge on any atom is 0.259 e. The van der Waals surface area contributed by atoms with Crippen molar-refractivity contribution in [2.45, 2.75) is 6.92 Å². The maximum absolute atomic E-state index is 14.0. The Morgan fingerprint density at radius 1 is 1.11 bits per heavy atom. The van der Waals surface area contributed by atoms with Gasteiger partial charge >= 0.3 is 0 Å². The molecule has 28 heavy (non-hydrogen) atoms. The van der Waals surface area contributed by atoms with Gasteiger partial charge in [-0.05, 0) is 31.2 Å². The molecule has 2 amide bonds. The van der Waals surface area contributed by atoms with Crippen LogP contribution in [0.3, 0.4) is 0 Å². The maximum atomic E-state index is 14.0. The lowest BCUT2D eigenvalue weighted by atomic mass is 10.1. The van der Waals surface area contributed by atoms with Crippen molar-refractivity contribution < 1.29 is 14.0 Å². The SMILES string of the molecule is Cc1nn2cccnc2c1C(=O)N1CCN(C(=O)c2cc(Cl)ccc2F)CC1. The number of benzene rings is 1. The van der Waals surface area contributed by atoms with Crippen LogP contribution in [0.1, 0.15) is 26.4 Å².